The van der Waals surface area contributed by atoms with E-state index in [1.165, 1.54) is 12.1 Å². The van der Waals surface area contributed by atoms with Crippen molar-refractivity contribution in [2.24, 2.45) is 0 Å². The number of nitrogens with zero attached hydrogens (tertiary/aromatic N) is 2. The van der Waals surface area contributed by atoms with E-state index in [0.717, 1.165) is 6.07 Å². The molecular formula is C10H9N3O5. The predicted molar refractivity (Wildman–Crippen MR) is 61.6 cm³/mol. The summed E-state index contributed by atoms with van der Waals surface area (Å²) >= 11 is 0. The van der Waals surface area contributed by atoms with Gasteiger partial charge in [0.2, 0.25) is 0 Å². The number of fused-ring (bicyclic) bond motifs is 1. The number of hydrogen-bond acceptors (Lipinski definition) is 6. The van der Waals surface area contributed by atoms with Crippen molar-refractivity contribution in [3.63, 3.8) is 0 Å². The molecule has 2 rings (SSSR count). The Morgan fingerprint density at radius 3 is 2.94 bits per heavy atom. The zero-order valence-electron chi connectivity index (χ0n) is 9.12. The maximum atomic E-state index is 11.7. The average molecular weight is 251 g/mol. The van der Waals surface area contributed by atoms with E-state index in [9.17, 15) is 14.9 Å². The van der Waals surface area contributed by atoms with Crippen LogP contribution in [0.5, 0.6) is 6.01 Å². The Labute approximate surface area is 100 Å². The van der Waals surface area contributed by atoms with Crippen LogP contribution < -0.4 is 10.3 Å². The summed E-state index contributed by atoms with van der Waals surface area (Å²) < 4.78 is 4.97. The molecule has 0 fully saturated rings. The number of nitro benzene ring substituents is 1. The van der Waals surface area contributed by atoms with Crippen LogP contribution >= 0.6 is 0 Å². The molecule has 1 aromatic carbocycles. The van der Waals surface area contributed by atoms with E-state index in [0.29, 0.717) is 0 Å². The van der Waals surface area contributed by atoms with Crippen molar-refractivity contribution in [2.45, 2.75) is 0 Å². The quantitative estimate of drug-likeness (QED) is 0.592. The van der Waals surface area contributed by atoms with Crippen LogP contribution in [0, 0.1) is 10.1 Å². The number of non-ortho nitro benzene ring substituents is 1. The maximum Gasteiger partial charge on any atom is 0.297 e. The van der Waals surface area contributed by atoms with Crippen molar-refractivity contribution < 1.29 is 14.8 Å². The van der Waals surface area contributed by atoms with E-state index >= 15 is 0 Å². The third-order valence-corrected chi connectivity index (χ3v) is 2.21. The number of aliphatic hydroxyl groups is 1. The van der Waals surface area contributed by atoms with Crippen molar-refractivity contribution in [3.05, 3.63) is 38.7 Å². The Bertz CT molecular complexity index is 651. The number of aromatic amines is 1. The van der Waals surface area contributed by atoms with E-state index in [-0.39, 0.29) is 35.8 Å². The predicted octanol–water partition coefficient (Wildman–Crippen LogP) is 0.202. The lowest BCUT2D eigenvalue weighted by Gasteiger charge is -2.03. The minimum atomic E-state index is -0.588. The lowest BCUT2D eigenvalue weighted by molar-refractivity contribution is -0.384. The fourth-order valence-electron chi connectivity index (χ4n) is 1.43. The van der Waals surface area contributed by atoms with Gasteiger partial charge >= 0.3 is 0 Å². The first kappa shape index (κ1) is 12.0. The van der Waals surface area contributed by atoms with Gasteiger partial charge in [0, 0.05) is 12.1 Å². The first-order valence-electron chi connectivity index (χ1n) is 5.04. The van der Waals surface area contributed by atoms with Gasteiger partial charge in [-0.15, -0.1) is 0 Å². The summed E-state index contributed by atoms with van der Waals surface area (Å²) in [5.41, 5.74) is -0.423. The largest absolute Gasteiger partial charge is 0.462 e. The Morgan fingerprint density at radius 2 is 2.28 bits per heavy atom. The second-order valence-electron chi connectivity index (χ2n) is 3.40. The number of aromatic nitrogens is 2. The van der Waals surface area contributed by atoms with Gasteiger partial charge in [0.1, 0.15) is 6.61 Å². The lowest BCUT2D eigenvalue weighted by Crippen LogP contribution is -2.13. The molecule has 1 heterocycles. The van der Waals surface area contributed by atoms with E-state index in [2.05, 4.69) is 9.97 Å². The number of H-pyrrole nitrogens is 1. The molecule has 18 heavy (non-hydrogen) atoms. The van der Waals surface area contributed by atoms with Crippen LogP contribution in [-0.4, -0.2) is 33.2 Å². The third-order valence-electron chi connectivity index (χ3n) is 2.21. The van der Waals surface area contributed by atoms with Crippen LogP contribution in [0.15, 0.2) is 23.0 Å². The van der Waals surface area contributed by atoms with Crippen LogP contribution in [0.4, 0.5) is 5.69 Å². The highest BCUT2D eigenvalue weighted by Gasteiger charge is 2.10. The number of nitrogens with one attached hydrogen (secondary N) is 1. The summed E-state index contributed by atoms with van der Waals surface area (Å²) in [6.07, 6.45) is 0. The monoisotopic (exact) mass is 251 g/mol. The molecule has 0 radical (unpaired) electrons. The highest BCUT2D eigenvalue weighted by Crippen LogP contribution is 2.17. The summed E-state index contributed by atoms with van der Waals surface area (Å²) in [7, 11) is 0. The molecule has 0 atom stereocenters. The molecule has 2 aromatic rings. The van der Waals surface area contributed by atoms with Crippen LogP contribution in [0.25, 0.3) is 10.9 Å². The van der Waals surface area contributed by atoms with Gasteiger partial charge in [-0.3, -0.25) is 19.9 Å². The lowest BCUT2D eigenvalue weighted by atomic mass is 10.2. The average Bonchev–Trinajstić information content (AvgIpc) is 2.36. The first-order valence-corrected chi connectivity index (χ1v) is 5.04. The van der Waals surface area contributed by atoms with Crippen molar-refractivity contribution in [1.29, 1.82) is 0 Å². The van der Waals surface area contributed by atoms with Gasteiger partial charge < -0.3 is 9.84 Å². The fraction of sp³-hybridized carbons (Fsp3) is 0.200. The Balaban J connectivity index is 2.52. The molecule has 2 N–H and O–H groups in total. The minimum absolute atomic E-state index is 0.00142. The number of ether oxygens (including phenoxy) is 1. The second-order valence-corrected chi connectivity index (χ2v) is 3.40. The smallest absolute Gasteiger partial charge is 0.297 e. The van der Waals surface area contributed by atoms with Gasteiger partial charge in [-0.1, -0.05) is 0 Å². The first-order chi connectivity index (χ1) is 8.61. The third kappa shape index (κ3) is 2.28. The molecule has 0 unspecified atom stereocenters. The van der Waals surface area contributed by atoms with Crippen LogP contribution in [0.1, 0.15) is 0 Å². The molecule has 0 saturated heterocycles. The van der Waals surface area contributed by atoms with Gasteiger partial charge in [-0.2, -0.15) is 4.98 Å². The van der Waals surface area contributed by atoms with Crippen LogP contribution in [0.2, 0.25) is 0 Å². The molecule has 8 heteroatoms. The maximum absolute atomic E-state index is 11.7. The number of aliphatic hydroxyl groups excluding tert-OH is 1. The van der Waals surface area contributed by atoms with Gasteiger partial charge in [-0.25, -0.2) is 0 Å². The van der Waals surface area contributed by atoms with Gasteiger partial charge in [0.25, 0.3) is 17.3 Å². The summed E-state index contributed by atoms with van der Waals surface area (Å²) in [5.74, 6) is 0. The van der Waals surface area contributed by atoms with E-state index in [4.69, 9.17) is 9.84 Å². The van der Waals surface area contributed by atoms with Gasteiger partial charge in [-0.05, 0) is 6.07 Å². The van der Waals surface area contributed by atoms with Crippen LogP contribution in [0.3, 0.4) is 0 Å². The van der Waals surface area contributed by atoms with Gasteiger partial charge in [0.05, 0.1) is 22.4 Å². The number of benzene rings is 1. The zero-order chi connectivity index (χ0) is 13.1. The topological polar surface area (TPSA) is 118 Å². The number of hydrogen-bond donors (Lipinski definition) is 2. The Morgan fingerprint density at radius 1 is 1.50 bits per heavy atom. The van der Waals surface area contributed by atoms with E-state index in [1.807, 2.05) is 0 Å². The summed E-state index contributed by atoms with van der Waals surface area (Å²) in [6.45, 7) is -0.205. The second kappa shape index (κ2) is 4.80. The molecular weight excluding hydrogens is 242 g/mol. The summed E-state index contributed by atoms with van der Waals surface area (Å²) in [6, 6.07) is 3.74. The van der Waals surface area contributed by atoms with E-state index < -0.39 is 10.5 Å². The van der Waals surface area contributed by atoms with Crippen molar-refractivity contribution in [2.75, 3.05) is 13.2 Å². The molecule has 0 saturated carbocycles. The number of rotatable bonds is 4. The van der Waals surface area contributed by atoms with Crippen molar-refractivity contribution >= 4 is 16.6 Å². The molecule has 94 valence electrons. The molecule has 1 aromatic heterocycles. The highest BCUT2D eigenvalue weighted by atomic mass is 16.6. The SMILES string of the molecule is O=c1[nH]c(OCCO)nc2ccc([N+](=O)[O-])cc12. The summed E-state index contributed by atoms with van der Waals surface area (Å²) in [5, 5.41) is 19.3. The Kier molecular flexibility index (Phi) is 3.20. The molecule has 8 nitrogen and oxygen atoms in total. The molecule has 0 spiro atoms. The molecule has 0 aliphatic rings. The molecule has 0 aliphatic carbocycles. The molecule has 0 amide bonds. The van der Waals surface area contributed by atoms with Crippen molar-refractivity contribution in [3.8, 4) is 6.01 Å². The molecule has 0 bridgehead atoms. The minimum Gasteiger partial charge on any atom is -0.462 e. The van der Waals surface area contributed by atoms with E-state index in [1.54, 1.807) is 0 Å². The highest BCUT2D eigenvalue weighted by molar-refractivity contribution is 5.80. The standard InChI is InChI=1S/C10H9N3O5/c14-3-4-18-10-11-8-2-1-6(13(16)17)5-7(8)9(15)12-10/h1-2,5,14H,3-4H2,(H,11,12,15). The summed E-state index contributed by atoms with van der Waals surface area (Å²) in [4.78, 5) is 28.0. The van der Waals surface area contributed by atoms with Gasteiger partial charge in [0.15, 0.2) is 0 Å². The van der Waals surface area contributed by atoms with Crippen molar-refractivity contribution in [1.82, 2.24) is 9.97 Å². The zero-order valence-corrected chi connectivity index (χ0v) is 9.12. The number of nitro groups is 1. The van der Waals surface area contributed by atoms with Crippen LogP contribution in [-0.2, 0) is 0 Å². The Hall–Kier alpha value is -2.48. The normalized spacial score (nSPS) is 10.5. The molecule has 0 aliphatic heterocycles. The fourth-order valence-corrected chi connectivity index (χ4v) is 1.43.